The molecule has 2 rings (SSSR count). The van der Waals surface area contributed by atoms with E-state index < -0.39 is 5.54 Å². The summed E-state index contributed by atoms with van der Waals surface area (Å²) in [5.74, 6) is -0.176. The minimum atomic E-state index is -0.662. The number of carbonyl (C=O) groups excluding carboxylic acids is 2. The predicted octanol–water partition coefficient (Wildman–Crippen LogP) is -1.43. The van der Waals surface area contributed by atoms with Crippen molar-refractivity contribution in [2.24, 2.45) is 5.73 Å². The van der Waals surface area contributed by atoms with Crippen molar-refractivity contribution < 1.29 is 9.59 Å². The molecular weight excluding hydrogens is 196 g/mol. The lowest BCUT2D eigenvalue weighted by Crippen LogP contribution is -2.52. The first-order valence-electron chi connectivity index (χ1n) is 5.12. The highest BCUT2D eigenvalue weighted by molar-refractivity contribution is 6.07. The monoisotopic (exact) mass is 212 g/mol. The zero-order valence-electron chi connectivity index (χ0n) is 8.82. The molecule has 6 nitrogen and oxygen atoms in total. The number of urea groups is 1. The van der Waals surface area contributed by atoms with E-state index in [9.17, 15) is 9.59 Å². The normalized spacial score (nSPS) is 31.7. The van der Waals surface area contributed by atoms with Crippen molar-refractivity contribution in [1.29, 1.82) is 0 Å². The predicted molar refractivity (Wildman–Crippen MR) is 54.1 cm³/mol. The molecule has 1 spiro atoms. The molecule has 0 aliphatic carbocycles. The van der Waals surface area contributed by atoms with Crippen molar-refractivity contribution in [2.75, 3.05) is 33.2 Å². The molecular formula is C9H16N4O2. The van der Waals surface area contributed by atoms with Crippen molar-refractivity contribution in [1.82, 2.24) is 15.1 Å². The molecule has 2 saturated heterocycles. The second kappa shape index (κ2) is 3.46. The molecule has 1 atom stereocenters. The van der Waals surface area contributed by atoms with Crippen LogP contribution in [0.4, 0.5) is 4.79 Å². The minimum absolute atomic E-state index is 0.176. The highest BCUT2D eigenvalue weighted by Crippen LogP contribution is 2.31. The van der Waals surface area contributed by atoms with E-state index in [1.807, 2.05) is 7.05 Å². The van der Waals surface area contributed by atoms with Crippen LogP contribution in [0.15, 0.2) is 0 Å². The van der Waals surface area contributed by atoms with Crippen molar-refractivity contribution in [2.45, 2.75) is 12.0 Å². The van der Waals surface area contributed by atoms with E-state index in [-0.39, 0.29) is 11.9 Å². The Morgan fingerprint density at radius 3 is 2.80 bits per heavy atom. The Hall–Kier alpha value is -1.14. The van der Waals surface area contributed by atoms with Gasteiger partial charge in [-0.25, -0.2) is 4.79 Å². The van der Waals surface area contributed by atoms with Crippen molar-refractivity contribution in [3.05, 3.63) is 0 Å². The van der Waals surface area contributed by atoms with Crippen LogP contribution in [0.1, 0.15) is 6.42 Å². The standard InChI is InChI=1S/C9H16N4O2/c1-12-4-2-9(6-12)7(14)11-8(15)13(9)5-3-10/h2-6,10H2,1H3,(H,11,14,15). The summed E-state index contributed by atoms with van der Waals surface area (Å²) in [6.07, 6.45) is 0.696. The van der Waals surface area contributed by atoms with E-state index in [1.165, 1.54) is 0 Å². The topological polar surface area (TPSA) is 78.7 Å². The van der Waals surface area contributed by atoms with Crippen molar-refractivity contribution in [3.63, 3.8) is 0 Å². The summed E-state index contributed by atoms with van der Waals surface area (Å²) in [6, 6.07) is -0.305. The molecule has 0 radical (unpaired) electrons. The van der Waals surface area contributed by atoms with Gasteiger partial charge in [-0.05, 0) is 13.5 Å². The van der Waals surface area contributed by atoms with Crippen LogP contribution in [0.25, 0.3) is 0 Å². The molecule has 2 heterocycles. The van der Waals surface area contributed by atoms with Gasteiger partial charge in [0.15, 0.2) is 0 Å². The average Bonchev–Trinajstić information content (AvgIpc) is 2.65. The molecule has 2 aliphatic rings. The fraction of sp³-hybridized carbons (Fsp3) is 0.778. The van der Waals surface area contributed by atoms with E-state index in [0.29, 0.717) is 26.1 Å². The molecule has 3 amide bonds. The smallest absolute Gasteiger partial charge is 0.325 e. The Morgan fingerprint density at radius 1 is 1.53 bits per heavy atom. The van der Waals surface area contributed by atoms with Crippen molar-refractivity contribution >= 4 is 11.9 Å². The summed E-state index contributed by atoms with van der Waals surface area (Å²) < 4.78 is 0. The van der Waals surface area contributed by atoms with Crippen LogP contribution < -0.4 is 11.1 Å². The second-order valence-corrected chi connectivity index (χ2v) is 4.22. The number of likely N-dealkylation sites (tertiary alicyclic amines) is 1. The van der Waals surface area contributed by atoms with Gasteiger partial charge in [0.1, 0.15) is 5.54 Å². The summed E-state index contributed by atoms with van der Waals surface area (Å²) in [7, 11) is 1.95. The summed E-state index contributed by atoms with van der Waals surface area (Å²) in [6.45, 7) is 2.25. The Labute approximate surface area is 88.4 Å². The molecule has 0 aromatic heterocycles. The fourth-order valence-corrected chi connectivity index (χ4v) is 2.43. The van der Waals surface area contributed by atoms with Gasteiger partial charge in [-0.3, -0.25) is 10.1 Å². The number of nitrogens with one attached hydrogen (secondary N) is 1. The SMILES string of the molecule is CN1CCC2(C1)C(=O)NC(=O)N2CCN. The van der Waals surface area contributed by atoms with Crippen LogP contribution in [0.2, 0.25) is 0 Å². The minimum Gasteiger partial charge on any atom is -0.329 e. The molecule has 84 valence electrons. The summed E-state index contributed by atoms with van der Waals surface area (Å²) in [4.78, 5) is 27.0. The summed E-state index contributed by atoms with van der Waals surface area (Å²) >= 11 is 0. The third kappa shape index (κ3) is 1.40. The number of rotatable bonds is 2. The first kappa shape index (κ1) is 10.4. The van der Waals surface area contributed by atoms with E-state index in [0.717, 1.165) is 6.54 Å². The lowest BCUT2D eigenvalue weighted by molar-refractivity contribution is -0.126. The van der Waals surface area contributed by atoms with E-state index in [2.05, 4.69) is 10.2 Å². The molecule has 2 aliphatic heterocycles. The summed E-state index contributed by atoms with van der Waals surface area (Å²) in [5.41, 5.74) is 4.79. The molecule has 2 fully saturated rings. The van der Waals surface area contributed by atoms with Gasteiger partial charge in [-0.2, -0.15) is 0 Å². The number of imide groups is 1. The Morgan fingerprint density at radius 2 is 2.27 bits per heavy atom. The third-order valence-electron chi connectivity index (χ3n) is 3.20. The van der Waals surface area contributed by atoms with E-state index >= 15 is 0 Å². The van der Waals surface area contributed by atoms with Gasteiger partial charge < -0.3 is 15.5 Å². The van der Waals surface area contributed by atoms with Crippen molar-refractivity contribution in [3.8, 4) is 0 Å². The molecule has 6 heteroatoms. The molecule has 0 saturated carbocycles. The molecule has 0 bridgehead atoms. The zero-order chi connectivity index (χ0) is 11.1. The highest BCUT2D eigenvalue weighted by Gasteiger charge is 2.55. The highest BCUT2D eigenvalue weighted by atomic mass is 16.2. The lowest BCUT2D eigenvalue weighted by Gasteiger charge is -2.30. The number of likely N-dealkylation sites (N-methyl/N-ethyl adjacent to an activating group) is 1. The number of amides is 3. The number of nitrogens with two attached hydrogens (primary N) is 1. The van der Waals surface area contributed by atoms with Crippen LogP contribution in [0, 0.1) is 0 Å². The molecule has 0 aromatic carbocycles. The number of hydrogen-bond donors (Lipinski definition) is 2. The first-order chi connectivity index (χ1) is 7.10. The van der Waals surface area contributed by atoms with Gasteiger partial charge >= 0.3 is 6.03 Å². The number of hydrogen-bond acceptors (Lipinski definition) is 4. The van der Waals surface area contributed by atoms with Gasteiger partial charge in [-0.1, -0.05) is 0 Å². The Kier molecular flexibility index (Phi) is 2.40. The number of nitrogens with zero attached hydrogens (tertiary/aromatic N) is 2. The van der Waals surface area contributed by atoms with Gasteiger partial charge in [0.2, 0.25) is 0 Å². The van der Waals surface area contributed by atoms with Crippen LogP contribution in [0.5, 0.6) is 0 Å². The maximum atomic E-state index is 11.8. The van der Waals surface area contributed by atoms with E-state index in [4.69, 9.17) is 5.73 Å². The molecule has 3 N–H and O–H groups in total. The maximum Gasteiger partial charge on any atom is 0.325 e. The Bertz CT molecular complexity index is 306. The fourth-order valence-electron chi connectivity index (χ4n) is 2.43. The van der Waals surface area contributed by atoms with Gasteiger partial charge in [-0.15, -0.1) is 0 Å². The number of carbonyl (C=O) groups is 2. The Balaban J connectivity index is 2.26. The molecule has 0 aromatic rings. The third-order valence-corrected chi connectivity index (χ3v) is 3.20. The maximum absolute atomic E-state index is 11.8. The lowest BCUT2D eigenvalue weighted by atomic mass is 9.97. The van der Waals surface area contributed by atoms with Gasteiger partial charge in [0.25, 0.3) is 5.91 Å². The summed E-state index contributed by atoms with van der Waals surface area (Å²) in [5, 5.41) is 2.37. The van der Waals surface area contributed by atoms with Gasteiger partial charge in [0.05, 0.1) is 0 Å². The largest absolute Gasteiger partial charge is 0.329 e. The zero-order valence-corrected chi connectivity index (χ0v) is 8.82. The van der Waals surface area contributed by atoms with E-state index in [1.54, 1.807) is 4.90 Å². The van der Waals surface area contributed by atoms with Crippen LogP contribution in [-0.2, 0) is 4.79 Å². The van der Waals surface area contributed by atoms with Crippen LogP contribution in [0.3, 0.4) is 0 Å². The average molecular weight is 212 g/mol. The first-order valence-corrected chi connectivity index (χ1v) is 5.12. The molecule has 15 heavy (non-hydrogen) atoms. The quantitative estimate of drug-likeness (QED) is 0.550. The van der Waals surface area contributed by atoms with Gasteiger partial charge in [0, 0.05) is 26.2 Å². The molecule has 1 unspecified atom stereocenters. The van der Waals surface area contributed by atoms with Crippen LogP contribution in [-0.4, -0.2) is 60.5 Å². The second-order valence-electron chi connectivity index (χ2n) is 4.22. The van der Waals surface area contributed by atoms with Crippen LogP contribution >= 0.6 is 0 Å².